The minimum atomic E-state index is 0.306. The Morgan fingerprint density at radius 1 is 0.800 bits per heavy atom. The zero-order valence-electron chi connectivity index (χ0n) is 14.4. The second-order valence-corrected chi connectivity index (χ2v) is 8.11. The number of rotatable bonds is 1. The van der Waals surface area contributed by atoms with E-state index in [0.29, 0.717) is 17.3 Å². The standard InChI is InChI=1S/C25H22/c1-2-8-17(9-3-1)25-16-18(25)14-15-23-21-12-5-4-10-19(21)20-11-6-7-13-22(20)24(23)25/h1-13,18,21,23H,14-16H2. The monoisotopic (exact) mass is 322 g/mol. The van der Waals surface area contributed by atoms with E-state index in [-0.39, 0.29) is 0 Å². The Kier molecular flexibility index (Phi) is 2.70. The SMILES string of the molecule is C1=CC2=c3ccccc3=C3C(CCC4CC34c3ccccc3)C2C=C1. The van der Waals surface area contributed by atoms with E-state index in [2.05, 4.69) is 78.9 Å². The molecule has 4 aliphatic rings. The maximum absolute atomic E-state index is 2.46. The van der Waals surface area contributed by atoms with Crippen LogP contribution in [0, 0.1) is 17.8 Å². The van der Waals surface area contributed by atoms with Gasteiger partial charge in [-0.15, -0.1) is 0 Å². The molecule has 2 aromatic carbocycles. The van der Waals surface area contributed by atoms with Gasteiger partial charge in [0.05, 0.1) is 0 Å². The van der Waals surface area contributed by atoms with Gasteiger partial charge in [0.15, 0.2) is 0 Å². The molecule has 0 nitrogen and oxygen atoms in total. The van der Waals surface area contributed by atoms with E-state index in [1.807, 2.05) is 0 Å². The molecule has 0 amide bonds. The Hall–Kier alpha value is -2.34. The van der Waals surface area contributed by atoms with E-state index in [4.69, 9.17) is 0 Å². The molecule has 0 aromatic heterocycles. The Bertz CT molecular complexity index is 1040. The van der Waals surface area contributed by atoms with Crippen molar-refractivity contribution < 1.29 is 0 Å². The van der Waals surface area contributed by atoms with E-state index in [1.165, 1.54) is 35.3 Å². The van der Waals surface area contributed by atoms with Crippen LogP contribution in [-0.4, -0.2) is 0 Å². The molecule has 2 saturated carbocycles. The van der Waals surface area contributed by atoms with Crippen molar-refractivity contribution in [3.05, 3.63) is 94.9 Å². The van der Waals surface area contributed by atoms with Gasteiger partial charge in [-0.3, -0.25) is 0 Å². The summed E-state index contributed by atoms with van der Waals surface area (Å²) in [7, 11) is 0. The number of benzene rings is 2. The van der Waals surface area contributed by atoms with Crippen LogP contribution in [0.4, 0.5) is 0 Å². The van der Waals surface area contributed by atoms with E-state index in [1.54, 1.807) is 11.1 Å². The molecule has 0 spiro atoms. The number of hydrogen-bond donors (Lipinski definition) is 0. The highest BCUT2D eigenvalue weighted by atomic mass is 14.6. The van der Waals surface area contributed by atoms with Crippen LogP contribution in [0.25, 0.3) is 11.1 Å². The summed E-state index contributed by atoms with van der Waals surface area (Å²) in [6, 6.07) is 20.5. The molecule has 122 valence electrons. The Balaban J connectivity index is 1.73. The van der Waals surface area contributed by atoms with Crippen LogP contribution < -0.4 is 10.4 Å². The lowest BCUT2D eigenvalue weighted by Gasteiger charge is -2.41. The molecule has 4 aliphatic carbocycles. The Labute approximate surface area is 148 Å². The molecule has 0 N–H and O–H groups in total. The summed E-state index contributed by atoms with van der Waals surface area (Å²) < 4.78 is 0. The van der Waals surface area contributed by atoms with Crippen LogP contribution in [-0.2, 0) is 5.41 Å². The van der Waals surface area contributed by atoms with Gasteiger partial charge in [0.25, 0.3) is 0 Å². The van der Waals surface area contributed by atoms with E-state index in [9.17, 15) is 0 Å². The van der Waals surface area contributed by atoms with E-state index < -0.39 is 0 Å². The van der Waals surface area contributed by atoms with Crippen LogP contribution >= 0.6 is 0 Å². The molecule has 4 unspecified atom stereocenters. The molecule has 2 aromatic rings. The minimum absolute atomic E-state index is 0.306. The highest BCUT2D eigenvalue weighted by Gasteiger charge is 2.62. The molecule has 0 saturated heterocycles. The van der Waals surface area contributed by atoms with Crippen molar-refractivity contribution in [2.24, 2.45) is 17.8 Å². The molecule has 6 rings (SSSR count). The first kappa shape index (κ1) is 13.9. The first-order valence-corrected chi connectivity index (χ1v) is 9.64. The summed E-state index contributed by atoms with van der Waals surface area (Å²) in [6.07, 6.45) is 13.4. The van der Waals surface area contributed by atoms with Crippen LogP contribution in [0.3, 0.4) is 0 Å². The van der Waals surface area contributed by atoms with Crippen molar-refractivity contribution in [1.82, 2.24) is 0 Å². The van der Waals surface area contributed by atoms with Gasteiger partial charge in [-0.1, -0.05) is 78.9 Å². The van der Waals surface area contributed by atoms with Crippen molar-refractivity contribution in [2.75, 3.05) is 0 Å². The summed E-state index contributed by atoms with van der Waals surface area (Å²) in [6.45, 7) is 0. The predicted octanol–water partition coefficient (Wildman–Crippen LogP) is 4.11. The molecular weight excluding hydrogens is 300 g/mol. The predicted molar refractivity (Wildman–Crippen MR) is 103 cm³/mol. The van der Waals surface area contributed by atoms with Gasteiger partial charge in [0, 0.05) is 11.3 Å². The van der Waals surface area contributed by atoms with Gasteiger partial charge in [0.2, 0.25) is 0 Å². The molecule has 0 aliphatic heterocycles. The highest BCUT2D eigenvalue weighted by Crippen LogP contribution is 2.68. The quantitative estimate of drug-likeness (QED) is 0.741. The molecular formula is C25H22. The zero-order chi connectivity index (χ0) is 16.4. The van der Waals surface area contributed by atoms with E-state index in [0.717, 1.165) is 5.92 Å². The summed E-state index contributed by atoms with van der Waals surface area (Å²) in [4.78, 5) is 0. The molecule has 4 atom stereocenters. The third-order valence-electron chi connectivity index (χ3n) is 7.10. The highest BCUT2D eigenvalue weighted by molar-refractivity contribution is 5.78. The number of fused-ring (bicyclic) bond motifs is 6. The molecule has 0 bridgehead atoms. The van der Waals surface area contributed by atoms with Crippen molar-refractivity contribution in [1.29, 1.82) is 0 Å². The van der Waals surface area contributed by atoms with Gasteiger partial charge in [-0.25, -0.2) is 0 Å². The summed E-state index contributed by atoms with van der Waals surface area (Å²) in [5, 5.41) is 3.01. The second-order valence-electron chi connectivity index (χ2n) is 8.11. The topological polar surface area (TPSA) is 0 Å². The first-order valence-electron chi connectivity index (χ1n) is 9.64. The molecule has 0 radical (unpaired) electrons. The first-order chi connectivity index (χ1) is 12.4. The van der Waals surface area contributed by atoms with Gasteiger partial charge in [-0.2, -0.15) is 0 Å². The lowest BCUT2D eigenvalue weighted by atomic mass is 9.63. The summed E-state index contributed by atoms with van der Waals surface area (Å²) >= 11 is 0. The van der Waals surface area contributed by atoms with Crippen molar-refractivity contribution in [2.45, 2.75) is 24.7 Å². The van der Waals surface area contributed by atoms with Gasteiger partial charge >= 0.3 is 0 Å². The smallest absolute Gasteiger partial charge is 0.0205 e. The van der Waals surface area contributed by atoms with Crippen molar-refractivity contribution in [3.8, 4) is 0 Å². The van der Waals surface area contributed by atoms with Crippen LogP contribution in [0.2, 0.25) is 0 Å². The van der Waals surface area contributed by atoms with Gasteiger partial charge in [-0.05, 0) is 58.2 Å². The third kappa shape index (κ3) is 1.73. The maximum atomic E-state index is 2.46. The molecule has 25 heavy (non-hydrogen) atoms. The number of hydrogen-bond acceptors (Lipinski definition) is 0. The fraction of sp³-hybridized carbons (Fsp3) is 0.280. The van der Waals surface area contributed by atoms with Crippen molar-refractivity contribution in [3.63, 3.8) is 0 Å². The fourth-order valence-electron chi connectivity index (χ4n) is 6.06. The van der Waals surface area contributed by atoms with E-state index >= 15 is 0 Å². The largest absolute Gasteiger partial charge is 0.0764 e. The summed E-state index contributed by atoms with van der Waals surface area (Å²) in [5.74, 6) is 2.08. The molecule has 0 heteroatoms. The van der Waals surface area contributed by atoms with Crippen molar-refractivity contribution >= 4 is 11.1 Å². The lowest BCUT2D eigenvalue weighted by Crippen LogP contribution is -2.44. The minimum Gasteiger partial charge on any atom is -0.0764 e. The molecule has 0 heterocycles. The van der Waals surface area contributed by atoms with Crippen LogP contribution in [0.1, 0.15) is 24.8 Å². The Morgan fingerprint density at radius 2 is 1.60 bits per heavy atom. The third-order valence-corrected chi connectivity index (χ3v) is 7.10. The molecule has 2 fully saturated rings. The average Bonchev–Trinajstić information content (AvgIpc) is 3.45. The zero-order valence-corrected chi connectivity index (χ0v) is 14.4. The van der Waals surface area contributed by atoms with Crippen LogP contribution in [0.5, 0.6) is 0 Å². The average molecular weight is 322 g/mol. The normalized spacial score (nSPS) is 34.0. The van der Waals surface area contributed by atoms with Gasteiger partial charge < -0.3 is 0 Å². The number of allylic oxidation sites excluding steroid dienone is 4. The maximum Gasteiger partial charge on any atom is 0.0205 e. The van der Waals surface area contributed by atoms with Crippen LogP contribution in [0.15, 0.2) is 78.9 Å². The lowest BCUT2D eigenvalue weighted by molar-refractivity contribution is 0.419. The Morgan fingerprint density at radius 3 is 2.48 bits per heavy atom. The summed E-state index contributed by atoms with van der Waals surface area (Å²) in [5.41, 5.74) is 5.14. The second kappa shape index (κ2) is 4.85. The van der Waals surface area contributed by atoms with Gasteiger partial charge in [0.1, 0.15) is 0 Å². The fourth-order valence-corrected chi connectivity index (χ4v) is 6.06.